The van der Waals surface area contributed by atoms with Gasteiger partial charge in [-0.05, 0) is 27.2 Å². The number of ether oxygens (including phenoxy) is 1. The summed E-state index contributed by atoms with van der Waals surface area (Å²) in [5.41, 5.74) is 0.144. The maximum absolute atomic E-state index is 11.5. The van der Waals surface area contributed by atoms with Crippen molar-refractivity contribution in [2.24, 2.45) is 0 Å². The van der Waals surface area contributed by atoms with Crippen molar-refractivity contribution in [2.45, 2.75) is 32.8 Å². The Morgan fingerprint density at radius 2 is 2.21 bits per heavy atom. The third kappa shape index (κ3) is 2.87. The molecule has 0 fully saturated rings. The molecule has 0 unspecified atom stereocenters. The summed E-state index contributed by atoms with van der Waals surface area (Å²) in [5, 5.41) is 0. The van der Waals surface area contributed by atoms with Crippen LogP contribution in [0.4, 0.5) is 4.79 Å². The van der Waals surface area contributed by atoms with Gasteiger partial charge in [0.05, 0.1) is 0 Å². The number of aldehydes is 1. The number of nitrogens with zero attached hydrogens (tertiary/aromatic N) is 1. The van der Waals surface area contributed by atoms with E-state index in [4.69, 9.17) is 4.74 Å². The van der Waals surface area contributed by atoms with E-state index >= 15 is 0 Å². The minimum atomic E-state index is -0.491. The predicted octanol–water partition coefficient (Wildman–Crippen LogP) is 1.71. The molecule has 0 N–H and O–H groups in total. The van der Waals surface area contributed by atoms with Gasteiger partial charge in [-0.15, -0.1) is 0 Å². The second-order valence-electron chi connectivity index (χ2n) is 4.25. The van der Waals surface area contributed by atoms with Crippen molar-refractivity contribution in [2.75, 3.05) is 6.54 Å². The topological polar surface area (TPSA) is 46.6 Å². The SMILES string of the molecule is CC(C)(C)OC(=O)N1C=C(C=O)CC1. The number of amides is 1. The first-order valence-electron chi connectivity index (χ1n) is 4.58. The van der Waals surface area contributed by atoms with Gasteiger partial charge in [0.15, 0.2) is 0 Å². The van der Waals surface area contributed by atoms with Gasteiger partial charge < -0.3 is 4.74 Å². The minimum absolute atomic E-state index is 0.394. The molecule has 1 heterocycles. The standard InChI is InChI=1S/C10H15NO3/c1-10(2,3)14-9(13)11-5-4-8(6-11)7-12/h6-7H,4-5H2,1-3H3. The molecule has 0 aromatic heterocycles. The van der Waals surface area contributed by atoms with E-state index in [1.165, 1.54) is 4.90 Å². The average molecular weight is 197 g/mol. The minimum Gasteiger partial charge on any atom is -0.443 e. The van der Waals surface area contributed by atoms with Crippen LogP contribution in [0.25, 0.3) is 0 Å². The summed E-state index contributed by atoms with van der Waals surface area (Å²) in [6, 6.07) is 0. The Balaban J connectivity index is 2.56. The molecule has 1 amide bonds. The summed E-state index contributed by atoms with van der Waals surface area (Å²) < 4.78 is 5.14. The van der Waals surface area contributed by atoms with Crippen molar-refractivity contribution in [3.8, 4) is 0 Å². The third-order valence-electron chi connectivity index (χ3n) is 1.74. The van der Waals surface area contributed by atoms with Gasteiger partial charge in [-0.2, -0.15) is 0 Å². The van der Waals surface area contributed by atoms with Crippen LogP contribution in [0.1, 0.15) is 27.2 Å². The molecule has 0 radical (unpaired) electrons. The molecule has 4 heteroatoms. The zero-order valence-electron chi connectivity index (χ0n) is 8.74. The van der Waals surface area contributed by atoms with E-state index < -0.39 is 11.7 Å². The smallest absolute Gasteiger partial charge is 0.414 e. The number of rotatable bonds is 1. The van der Waals surface area contributed by atoms with Crippen LogP contribution in [-0.2, 0) is 9.53 Å². The van der Waals surface area contributed by atoms with Crippen molar-refractivity contribution >= 4 is 12.4 Å². The molecular formula is C10H15NO3. The molecule has 78 valence electrons. The number of carbonyl (C=O) groups excluding carboxylic acids is 2. The molecule has 4 nitrogen and oxygen atoms in total. The maximum atomic E-state index is 11.5. The van der Waals surface area contributed by atoms with E-state index in [0.29, 0.717) is 18.5 Å². The second-order valence-corrected chi connectivity index (χ2v) is 4.25. The van der Waals surface area contributed by atoms with Gasteiger partial charge >= 0.3 is 6.09 Å². The van der Waals surface area contributed by atoms with Crippen molar-refractivity contribution < 1.29 is 14.3 Å². The lowest BCUT2D eigenvalue weighted by Crippen LogP contribution is -2.32. The zero-order valence-corrected chi connectivity index (χ0v) is 8.74. The Morgan fingerprint density at radius 1 is 1.57 bits per heavy atom. The third-order valence-corrected chi connectivity index (χ3v) is 1.74. The monoisotopic (exact) mass is 197 g/mol. The molecule has 14 heavy (non-hydrogen) atoms. The molecule has 0 saturated carbocycles. The van der Waals surface area contributed by atoms with E-state index in [0.717, 1.165) is 6.29 Å². The Hall–Kier alpha value is -1.32. The Kier molecular flexibility index (Phi) is 2.93. The first kappa shape index (κ1) is 10.8. The van der Waals surface area contributed by atoms with Crippen LogP contribution in [-0.4, -0.2) is 29.4 Å². The van der Waals surface area contributed by atoms with Crippen molar-refractivity contribution in [1.82, 2.24) is 4.90 Å². The Morgan fingerprint density at radius 3 is 2.64 bits per heavy atom. The van der Waals surface area contributed by atoms with Crippen molar-refractivity contribution in [1.29, 1.82) is 0 Å². The van der Waals surface area contributed by atoms with Gasteiger partial charge in [0.2, 0.25) is 0 Å². The summed E-state index contributed by atoms with van der Waals surface area (Å²) in [6.07, 6.45) is 2.53. The summed E-state index contributed by atoms with van der Waals surface area (Å²) >= 11 is 0. The molecule has 0 bridgehead atoms. The summed E-state index contributed by atoms with van der Waals surface area (Å²) in [4.78, 5) is 23.3. The van der Waals surface area contributed by atoms with E-state index in [1.807, 2.05) is 20.8 Å². The van der Waals surface area contributed by atoms with Crippen LogP contribution < -0.4 is 0 Å². The highest BCUT2D eigenvalue weighted by Crippen LogP contribution is 2.16. The van der Waals surface area contributed by atoms with E-state index in [2.05, 4.69) is 0 Å². The van der Waals surface area contributed by atoms with Gasteiger partial charge in [-0.25, -0.2) is 4.79 Å². The van der Waals surface area contributed by atoms with Crippen molar-refractivity contribution in [3.63, 3.8) is 0 Å². The predicted molar refractivity (Wildman–Crippen MR) is 51.7 cm³/mol. The zero-order chi connectivity index (χ0) is 10.8. The van der Waals surface area contributed by atoms with Crippen molar-refractivity contribution in [3.05, 3.63) is 11.8 Å². The maximum Gasteiger partial charge on any atom is 0.414 e. The normalized spacial score (nSPS) is 16.5. The van der Waals surface area contributed by atoms with Gasteiger partial charge in [-0.3, -0.25) is 9.69 Å². The van der Waals surface area contributed by atoms with Crippen LogP contribution in [0.5, 0.6) is 0 Å². The molecule has 1 aliphatic rings. The van der Waals surface area contributed by atoms with Gasteiger partial charge in [0, 0.05) is 18.3 Å². The molecule has 1 rings (SSSR count). The molecule has 0 atom stereocenters. The highest BCUT2D eigenvalue weighted by atomic mass is 16.6. The summed E-state index contributed by atoms with van der Waals surface area (Å²) in [7, 11) is 0. The van der Waals surface area contributed by atoms with E-state index in [1.54, 1.807) is 6.20 Å². The highest BCUT2D eigenvalue weighted by molar-refractivity contribution is 5.78. The summed E-state index contributed by atoms with van der Waals surface area (Å²) in [6.45, 7) is 5.96. The second kappa shape index (κ2) is 3.82. The first-order valence-corrected chi connectivity index (χ1v) is 4.58. The lowest BCUT2D eigenvalue weighted by molar-refractivity contribution is -0.105. The quantitative estimate of drug-likeness (QED) is 0.601. The van der Waals surface area contributed by atoms with Crippen LogP contribution in [0.3, 0.4) is 0 Å². The Bertz CT molecular complexity index is 276. The molecule has 1 aliphatic heterocycles. The number of carbonyl (C=O) groups is 2. The van der Waals surface area contributed by atoms with Crippen LogP contribution in [0.15, 0.2) is 11.8 Å². The van der Waals surface area contributed by atoms with Gasteiger partial charge in [0.1, 0.15) is 11.9 Å². The van der Waals surface area contributed by atoms with E-state index in [-0.39, 0.29) is 0 Å². The average Bonchev–Trinajstić information content (AvgIpc) is 2.48. The largest absolute Gasteiger partial charge is 0.443 e. The number of hydrogen-bond donors (Lipinski definition) is 0. The Labute approximate surface area is 83.5 Å². The highest BCUT2D eigenvalue weighted by Gasteiger charge is 2.24. The molecule has 0 aromatic carbocycles. The van der Waals surface area contributed by atoms with Gasteiger partial charge in [-0.1, -0.05) is 0 Å². The molecule has 0 spiro atoms. The summed E-state index contributed by atoms with van der Waals surface area (Å²) in [5.74, 6) is 0. The lowest BCUT2D eigenvalue weighted by Gasteiger charge is -2.23. The van der Waals surface area contributed by atoms with E-state index in [9.17, 15) is 9.59 Å². The molecular weight excluding hydrogens is 182 g/mol. The molecule has 0 aromatic rings. The molecule has 0 saturated heterocycles. The first-order chi connectivity index (χ1) is 6.42. The molecule has 0 aliphatic carbocycles. The van der Waals surface area contributed by atoms with Crippen LogP contribution in [0, 0.1) is 0 Å². The lowest BCUT2D eigenvalue weighted by atomic mass is 10.2. The fourth-order valence-electron chi connectivity index (χ4n) is 1.13. The fraction of sp³-hybridized carbons (Fsp3) is 0.600. The van der Waals surface area contributed by atoms with Gasteiger partial charge in [0.25, 0.3) is 0 Å². The number of hydrogen-bond acceptors (Lipinski definition) is 3. The van der Waals surface area contributed by atoms with Crippen LogP contribution in [0.2, 0.25) is 0 Å². The van der Waals surface area contributed by atoms with Crippen LogP contribution >= 0.6 is 0 Å². The fourth-order valence-corrected chi connectivity index (χ4v) is 1.13.